The van der Waals surface area contributed by atoms with Gasteiger partial charge in [0.1, 0.15) is 0 Å². The summed E-state index contributed by atoms with van der Waals surface area (Å²) in [5.41, 5.74) is 5.95. The van der Waals surface area contributed by atoms with Crippen LogP contribution < -0.4 is 5.73 Å². The molecule has 0 aromatic heterocycles. The smallest absolute Gasteiger partial charge is 0.243 e. The highest BCUT2D eigenvalue weighted by molar-refractivity contribution is 9.10. The van der Waals surface area contributed by atoms with Crippen LogP contribution >= 0.6 is 28.3 Å². The van der Waals surface area contributed by atoms with Gasteiger partial charge in [-0.3, -0.25) is 0 Å². The van der Waals surface area contributed by atoms with Crippen molar-refractivity contribution in [3.63, 3.8) is 0 Å². The Morgan fingerprint density at radius 1 is 1.40 bits per heavy atom. The zero-order valence-corrected chi connectivity index (χ0v) is 14.5. The normalized spacial score (nSPS) is 22.1. The van der Waals surface area contributed by atoms with Crippen molar-refractivity contribution < 1.29 is 8.42 Å². The molecule has 0 aliphatic carbocycles. The van der Waals surface area contributed by atoms with Gasteiger partial charge in [-0.1, -0.05) is 28.4 Å². The number of rotatable bonds is 3. The van der Waals surface area contributed by atoms with Gasteiger partial charge in [0.15, 0.2) is 0 Å². The monoisotopic (exact) mass is 382 g/mol. The molecule has 0 bridgehead atoms. The van der Waals surface area contributed by atoms with Crippen molar-refractivity contribution in [3.05, 3.63) is 28.7 Å². The third-order valence-electron chi connectivity index (χ3n) is 3.51. The molecule has 0 saturated carbocycles. The van der Waals surface area contributed by atoms with E-state index in [0.29, 0.717) is 11.4 Å². The molecule has 1 aliphatic rings. The van der Waals surface area contributed by atoms with Crippen molar-refractivity contribution in [2.24, 2.45) is 5.73 Å². The third kappa shape index (κ3) is 3.74. The zero-order chi connectivity index (χ0) is 14.0. The summed E-state index contributed by atoms with van der Waals surface area (Å²) < 4.78 is 27.7. The van der Waals surface area contributed by atoms with E-state index in [-0.39, 0.29) is 24.5 Å². The van der Waals surface area contributed by atoms with Crippen LogP contribution in [0, 0.1) is 0 Å². The molecule has 0 radical (unpaired) electrons. The summed E-state index contributed by atoms with van der Waals surface area (Å²) in [5, 5.41) is 0. The first-order valence-corrected chi connectivity index (χ1v) is 8.69. The van der Waals surface area contributed by atoms with Crippen LogP contribution in [0.4, 0.5) is 0 Å². The van der Waals surface area contributed by atoms with Gasteiger partial charge < -0.3 is 5.73 Å². The lowest BCUT2D eigenvalue weighted by molar-refractivity contribution is 0.227. The molecule has 2 atom stereocenters. The summed E-state index contributed by atoms with van der Waals surface area (Å²) in [6.07, 6.45) is 2.78. The Kier molecular flexibility index (Phi) is 6.47. The summed E-state index contributed by atoms with van der Waals surface area (Å²) in [5.74, 6) is 0. The van der Waals surface area contributed by atoms with Gasteiger partial charge in [0.05, 0.1) is 4.90 Å². The average Bonchev–Trinajstić information content (AvgIpc) is 2.38. The second-order valence-corrected chi connectivity index (χ2v) is 7.80. The minimum Gasteiger partial charge on any atom is -0.326 e. The lowest BCUT2D eigenvalue weighted by atomic mass is 10.00. The molecule has 0 spiro atoms. The minimum absolute atomic E-state index is 0. The van der Waals surface area contributed by atoms with E-state index in [2.05, 4.69) is 15.9 Å². The topological polar surface area (TPSA) is 63.4 Å². The zero-order valence-electron chi connectivity index (χ0n) is 11.3. The average molecular weight is 384 g/mol. The van der Waals surface area contributed by atoms with E-state index in [0.717, 1.165) is 23.7 Å². The number of benzene rings is 1. The van der Waals surface area contributed by atoms with Gasteiger partial charge in [-0.25, -0.2) is 8.42 Å². The Hall–Kier alpha value is -0.140. The Bertz CT molecular complexity index is 551. The van der Waals surface area contributed by atoms with Crippen molar-refractivity contribution in [2.75, 3.05) is 6.54 Å². The molecule has 2 rings (SSSR count). The second kappa shape index (κ2) is 7.22. The molecular weight excluding hydrogens is 364 g/mol. The molecule has 1 aromatic carbocycles. The van der Waals surface area contributed by atoms with Crippen molar-refractivity contribution in [2.45, 2.75) is 43.2 Å². The van der Waals surface area contributed by atoms with Crippen LogP contribution in [0.25, 0.3) is 0 Å². The molecule has 1 saturated heterocycles. The Labute approximate surface area is 135 Å². The number of halogens is 2. The number of hydrogen-bond acceptors (Lipinski definition) is 3. The van der Waals surface area contributed by atoms with Crippen molar-refractivity contribution in [3.8, 4) is 0 Å². The number of nitrogens with zero attached hydrogens (tertiary/aromatic N) is 1. The van der Waals surface area contributed by atoms with Gasteiger partial charge >= 0.3 is 0 Å². The van der Waals surface area contributed by atoms with E-state index in [4.69, 9.17) is 5.73 Å². The van der Waals surface area contributed by atoms with Crippen LogP contribution in [0.2, 0.25) is 0 Å². The predicted molar refractivity (Wildman–Crippen MR) is 86.6 cm³/mol. The van der Waals surface area contributed by atoms with E-state index in [1.54, 1.807) is 22.5 Å². The Morgan fingerprint density at radius 2 is 2.10 bits per heavy atom. The maximum Gasteiger partial charge on any atom is 0.243 e. The van der Waals surface area contributed by atoms with E-state index in [1.807, 2.05) is 13.0 Å². The van der Waals surface area contributed by atoms with Crippen LogP contribution in [-0.2, 0) is 10.0 Å². The molecule has 114 valence electrons. The van der Waals surface area contributed by atoms with E-state index in [1.165, 1.54) is 0 Å². The standard InChI is InChI=1S/C13H19BrN2O2S.ClH/c1-10(15)13-7-2-3-8-16(13)19(17,18)12-6-4-5-11(14)9-12;/h4-6,9-10,13H,2-3,7-8,15H2,1H3;1H. The molecule has 1 aromatic rings. The van der Waals surface area contributed by atoms with Crippen molar-refractivity contribution >= 4 is 38.4 Å². The molecule has 1 fully saturated rings. The maximum atomic E-state index is 12.7. The molecule has 2 unspecified atom stereocenters. The maximum absolute atomic E-state index is 12.7. The van der Waals surface area contributed by atoms with Crippen LogP contribution in [0.3, 0.4) is 0 Å². The lowest BCUT2D eigenvalue weighted by Gasteiger charge is -2.36. The fourth-order valence-corrected chi connectivity index (χ4v) is 4.89. The quantitative estimate of drug-likeness (QED) is 0.873. The second-order valence-electron chi connectivity index (χ2n) is 5.00. The molecule has 1 heterocycles. The summed E-state index contributed by atoms with van der Waals surface area (Å²) in [4.78, 5) is 0.328. The number of nitrogens with two attached hydrogens (primary N) is 1. The lowest BCUT2D eigenvalue weighted by Crippen LogP contribution is -2.51. The van der Waals surface area contributed by atoms with Gasteiger partial charge in [-0.05, 0) is 38.0 Å². The minimum atomic E-state index is -3.46. The molecule has 2 N–H and O–H groups in total. The van der Waals surface area contributed by atoms with E-state index < -0.39 is 10.0 Å². The number of hydrogen-bond donors (Lipinski definition) is 1. The van der Waals surface area contributed by atoms with Crippen molar-refractivity contribution in [1.29, 1.82) is 0 Å². The SMILES string of the molecule is CC(N)C1CCCCN1S(=O)(=O)c1cccc(Br)c1.Cl. The first kappa shape index (κ1) is 17.9. The highest BCUT2D eigenvalue weighted by atomic mass is 79.9. The highest BCUT2D eigenvalue weighted by Gasteiger charge is 2.35. The summed E-state index contributed by atoms with van der Waals surface area (Å²) in [7, 11) is -3.46. The largest absolute Gasteiger partial charge is 0.326 e. The summed E-state index contributed by atoms with van der Waals surface area (Å²) in [6.45, 7) is 2.43. The number of sulfonamides is 1. The van der Waals surface area contributed by atoms with Crippen LogP contribution in [0.5, 0.6) is 0 Å². The molecule has 4 nitrogen and oxygen atoms in total. The Balaban J connectivity index is 0.00000200. The third-order valence-corrected chi connectivity index (χ3v) is 5.92. The molecule has 7 heteroatoms. The summed E-state index contributed by atoms with van der Waals surface area (Å²) >= 11 is 3.32. The first-order valence-electron chi connectivity index (χ1n) is 6.46. The van der Waals surface area contributed by atoms with E-state index in [9.17, 15) is 8.42 Å². The molecule has 1 aliphatic heterocycles. The van der Waals surface area contributed by atoms with Gasteiger partial charge in [0.2, 0.25) is 10.0 Å². The van der Waals surface area contributed by atoms with Gasteiger partial charge in [-0.15, -0.1) is 12.4 Å². The summed E-state index contributed by atoms with van der Waals surface area (Å²) in [6, 6.07) is 6.58. The molecule has 0 amide bonds. The van der Waals surface area contributed by atoms with Crippen molar-refractivity contribution in [1.82, 2.24) is 4.31 Å². The molecule has 20 heavy (non-hydrogen) atoms. The molecular formula is C13H20BrClN2O2S. The van der Waals surface area contributed by atoms with Crippen LogP contribution in [0.15, 0.2) is 33.6 Å². The highest BCUT2D eigenvalue weighted by Crippen LogP contribution is 2.27. The fraction of sp³-hybridized carbons (Fsp3) is 0.538. The Morgan fingerprint density at radius 3 is 2.70 bits per heavy atom. The number of piperidine rings is 1. The van der Waals surface area contributed by atoms with Gasteiger partial charge in [0.25, 0.3) is 0 Å². The van der Waals surface area contributed by atoms with Crippen LogP contribution in [-0.4, -0.2) is 31.4 Å². The van der Waals surface area contributed by atoms with Crippen LogP contribution in [0.1, 0.15) is 26.2 Å². The van der Waals surface area contributed by atoms with Gasteiger partial charge in [0, 0.05) is 23.1 Å². The predicted octanol–water partition coefficient (Wildman–Crippen LogP) is 2.76. The van der Waals surface area contributed by atoms with E-state index >= 15 is 0 Å². The first-order chi connectivity index (χ1) is 8.93. The van der Waals surface area contributed by atoms with Gasteiger partial charge in [-0.2, -0.15) is 4.31 Å². The fourth-order valence-electron chi connectivity index (χ4n) is 2.52.